The lowest BCUT2D eigenvalue weighted by Crippen LogP contribution is -2.52. The van der Waals surface area contributed by atoms with Crippen LogP contribution in [0.15, 0.2) is 0 Å². The zero-order valence-corrected chi connectivity index (χ0v) is 12.4. The summed E-state index contributed by atoms with van der Waals surface area (Å²) in [5.41, 5.74) is 5.37. The lowest BCUT2D eigenvalue weighted by atomic mass is 10.1. The molecule has 0 spiro atoms. The van der Waals surface area contributed by atoms with E-state index in [1.165, 1.54) is 4.31 Å². The maximum atomic E-state index is 12.2. The maximum Gasteiger partial charge on any atom is 0.279 e. The fourth-order valence-corrected chi connectivity index (χ4v) is 3.96. The van der Waals surface area contributed by atoms with Gasteiger partial charge in [-0.2, -0.15) is 17.4 Å². The molecular formula is C11H23N5O3S. The zero-order valence-electron chi connectivity index (χ0n) is 11.5. The van der Waals surface area contributed by atoms with Gasteiger partial charge in [0.05, 0.1) is 19.8 Å². The number of hydrogen-bond donors (Lipinski definition) is 3. The van der Waals surface area contributed by atoms with Crippen LogP contribution >= 0.6 is 0 Å². The van der Waals surface area contributed by atoms with Crippen molar-refractivity contribution in [3.63, 3.8) is 0 Å². The first-order valence-corrected chi connectivity index (χ1v) is 8.32. The normalized spacial score (nSPS) is 23.8. The third-order valence-electron chi connectivity index (χ3n) is 3.61. The Bertz CT molecular complexity index is 427. The first-order valence-electron chi connectivity index (χ1n) is 6.88. The Kier molecular flexibility index (Phi) is 5.33. The molecule has 0 amide bonds. The van der Waals surface area contributed by atoms with Gasteiger partial charge in [0, 0.05) is 32.2 Å². The van der Waals surface area contributed by atoms with E-state index in [-0.39, 0.29) is 11.9 Å². The van der Waals surface area contributed by atoms with Crippen LogP contribution in [-0.2, 0) is 14.9 Å². The average molecular weight is 305 g/mol. The Morgan fingerprint density at radius 3 is 2.40 bits per heavy atom. The summed E-state index contributed by atoms with van der Waals surface area (Å²) >= 11 is 0. The second-order valence-electron chi connectivity index (χ2n) is 5.21. The van der Waals surface area contributed by atoms with Crippen LogP contribution in [0.1, 0.15) is 12.8 Å². The van der Waals surface area contributed by atoms with Crippen molar-refractivity contribution in [2.45, 2.75) is 18.9 Å². The van der Waals surface area contributed by atoms with Crippen molar-refractivity contribution in [3.05, 3.63) is 0 Å². The number of hydrogen-bond acceptors (Lipinski definition) is 5. The molecule has 2 rings (SSSR count). The highest BCUT2D eigenvalue weighted by atomic mass is 32.2. The third-order valence-corrected chi connectivity index (χ3v) is 5.28. The number of amidine groups is 1. The number of nitrogens with zero attached hydrogens (tertiary/aromatic N) is 2. The lowest BCUT2D eigenvalue weighted by Gasteiger charge is -2.33. The molecule has 2 fully saturated rings. The highest BCUT2D eigenvalue weighted by Gasteiger charge is 2.29. The van der Waals surface area contributed by atoms with Crippen molar-refractivity contribution in [2.24, 2.45) is 5.73 Å². The monoisotopic (exact) mass is 305 g/mol. The van der Waals surface area contributed by atoms with Crippen molar-refractivity contribution < 1.29 is 13.2 Å². The van der Waals surface area contributed by atoms with Gasteiger partial charge in [-0.25, -0.2) is 0 Å². The van der Waals surface area contributed by atoms with E-state index in [0.717, 1.165) is 25.9 Å². The standard InChI is InChI=1S/C11H23N5O3S/c12-11(13)9-15-3-1-10(2-4-15)14-20(17,18)16-5-7-19-8-6-16/h10,14H,1-9H2,(H3,12,13). The van der Waals surface area contributed by atoms with E-state index >= 15 is 0 Å². The summed E-state index contributed by atoms with van der Waals surface area (Å²) < 4.78 is 33.8. The molecule has 2 saturated heterocycles. The fourth-order valence-electron chi connectivity index (χ4n) is 2.52. The van der Waals surface area contributed by atoms with Crippen molar-refractivity contribution in [1.29, 1.82) is 5.41 Å². The molecule has 0 aromatic carbocycles. The molecule has 2 heterocycles. The van der Waals surface area contributed by atoms with Crippen molar-refractivity contribution in [1.82, 2.24) is 13.9 Å². The number of likely N-dealkylation sites (tertiary alicyclic amines) is 1. The average Bonchev–Trinajstić information content (AvgIpc) is 2.41. The summed E-state index contributed by atoms with van der Waals surface area (Å²) in [6.45, 7) is 3.72. The molecule has 0 aliphatic carbocycles. The molecular weight excluding hydrogens is 282 g/mol. The zero-order chi connectivity index (χ0) is 14.6. The van der Waals surface area contributed by atoms with Crippen LogP contribution in [0.2, 0.25) is 0 Å². The van der Waals surface area contributed by atoms with Crippen LogP contribution in [0.4, 0.5) is 0 Å². The molecule has 0 saturated carbocycles. The van der Waals surface area contributed by atoms with Crippen LogP contribution in [0.25, 0.3) is 0 Å². The minimum atomic E-state index is -3.41. The molecule has 4 N–H and O–H groups in total. The van der Waals surface area contributed by atoms with Crippen LogP contribution in [-0.4, -0.2) is 75.4 Å². The molecule has 116 valence electrons. The van der Waals surface area contributed by atoms with E-state index in [2.05, 4.69) is 9.62 Å². The Balaban J connectivity index is 1.80. The van der Waals surface area contributed by atoms with E-state index in [0.29, 0.717) is 32.8 Å². The molecule has 8 nitrogen and oxygen atoms in total. The van der Waals surface area contributed by atoms with Gasteiger partial charge in [-0.15, -0.1) is 0 Å². The number of morpholine rings is 1. The number of nitrogens with two attached hydrogens (primary N) is 1. The van der Waals surface area contributed by atoms with Crippen molar-refractivity contribution >= 4 is 16.0 Å². The predicted octanol–water partition coefficient (Wildman–Crippen LogP) is -1.45. The Morgan fingerprint density at radius 1 is 1.25 bits per heavy atom. The van der Waals surface area contributed by atoms with E-state index < -0.39 is 10.2 Å². The van der Waals surface area contributed by atoms with Gasteiger partial charge in [-0.05, 0) is 12.8 Å². The van der Waals surface area contributed by atoms with E-state index in [9.17, 15) is 8.42 Å². The fraction of sp³-hybridized carbons (Fsp3) is 0.909. The highest BCUT2D eigenvalue weighted by Crippen LogP contribution is 2.12. The summed E-state index contributed by atoms with van der Waals surface area (Å²) in [6.07, 6.45) is 1.49. The molecule has 0 aromatic heterocycles. The Morgan fingerprint density at radius 2 is 1.85 bits per heavy atom. The predicted molar refractivity (Wildman–Crippen MR) is 75.8 cm³/mol. The Labute approximate surface area is 119 Å². The molecule has 0 aromatic rings. The Hall–Kier alpha value is -0.740. The van der Waals surface area contributed by atoms with Gasteiger partial charge in [0.1, 0.15) is 5.84 Å². The summed E-state index contributed by atoms with van der Waals surface area (Å²) in [4.78, 5) is 2.07. The minimum absolute atomic E-state index is 0.0361. The second kappa shape index (κ2) is 6.81. The molecule has 2 aliphatic heterocycles. The molecule has 0 unspecified atom stereocenters. The molecule has 0 bridgehead atoms. The summed E-state index contributed by atoms with van der Waals surface area (Å²) in [5.74, 6) is 0.150. The molecule has 9 heteroatoms. The van der Waals surface area contributed by atoms with Crippen molar-refractivity contribution in [2.75, 3.05) is 45.9 Å². The van der Waals surface area contributed by atoms with Crippen molar-refractivity contribution in [3.8, 4) is 0 Å². The first-order chi connectivity index (χ1) is 9.47. The van der Waals surface area contributed by atoms with Gasteiger partial charge < -0.3 is 10.5 Å². The van der Waals surface area contributed by atoms with Gasteiger partial charge in [0.2, 0.25) is 0 Å². The molecule has 0 atom stereocenters. The third kappa shape index (κ3) is 4.38. The van der Waals surface area contributed by atoms with Crippen LogP contribution < -0.4 is 10.5 Å². The van der Waals surface area contributed by atoms with Gasteiger partial charge in [-0.1, -0.05) is 0 Å². The number of nitrogens with one attached hydrogen (secondary N) is 2. The number of rotatable bonds is 5. The maximum absolute atomic E-state index is 12.2. The van der Waals surface area contributed by atoms with Gasteiger partial charge in [0.25, 0.3) is 10.2 Å². The summed E-state index contributed by atoms with van der Waals surface area (Å²) in [6, 6.07) is -0.0361. The first kappa shape index (κ1) is 15.6. The van der Waals surface area contributed by atoms with Gasteiger partial charge in [-0.3, -0.25) is 10.3 Å². The summed E-state index contributed by atoms with van der Waals surface area (Å²) in [5, 5.41) is 7.26. The molecule has 2 aliphatic rings. The van der Waals surface area contributed by atoms with Crippen LogP contribution in [0.3, 0.4) is 0 Å². The van der Waals surface area contributed by atoms with Gasteiger partial charge >= 0.3 is 0 Å². The second-order valence-corrected chi connectivity index (χ2v) is 6.91. The lowest BCUT2D eigenvalue weighted by molar-refractivity contribution is 0.0721. The minimum Gasteiger partial charge on any atom is -0.387 e. The van der Waals surface area contributed by atoms with Crippen LogP contribution in [0, 0.1) is 5.41 Å². The topological polar surface area (TPSA) is 112 Å². The van der Waals surface area contributed by atoms with E-state index in [4.69, 9.17) is 15.9 Å². The molecule has 0 radical (unpaired) electrons. The van der Waals surface area contributed by atoms with Crippen LogP contribution in [0.5, 0.6) is 0 Å². The molecule has 20 heavy (non-hydrogen) atoms. The quantitative estimate of drug-likeness (QED) is 0.425. The summed E-state index contributed by atoms with van der Waals surface area (Å²) in [7, 11) is -3.41. The van der Waals surface area contributed by atoms with Gasteiger partial charge in [0.15, 0.2) is 0 Å². The smallest absolute Gasteiger partial charge is 0.279 e. The number of ether oxygens (including phenoxy) is 1. The SMILES string of the molecule is N=C(N)CN1CCC(NS(=O)(=O)N2CCOCC2)CC1. The number of piperidine rings is 1. The van der Waals surface area contributed by atoms with E-state index in [1.807, 2.05) is 0 Å². The largest absolute Gasteiger partial charge is 0.387 e. The van der Waals surface area contributed by atoms with E-state index in [1.54, 1.807) is 0 Å². The highest BCUT2D eigenvalue weighted by molar-refractivity contribution is 7.87.